The van der Waals surface area contributed by atoms with Crippen molar-refractivity contribution in [3.8, 4) is 10.6 Å². The molecule has 0 unspecified atom stereocenters. The van der Waals surface area contributed by atoms with E-state index in [2.05, 4.69) is 10.6 Å². The molecule has 0 spiro atoms. The van der Waals surface area contributed by atoms with Gasteiger partial charge in [0.1, 0.15) is 5.82 Å². The van der Waals surface area contributed by atoms with Crippen molar-refractivity contribution in [1.82, 2.24) is 4.57 Å². The number of rotatable bonds is 1. The van der Waals surface area contributed by atoms with Gasteiger partial charge in [-0.1, -0.05) is 6.07 Å². The van der Waals surface area contributed by atoms with Gasteiger partial charge < -0.3 is 4.57 Å². The largest absolute Gasteiger partial charge is 0.343 e. The van der Waals surface area contributed by atoms with E-state index in [1.807, 2.05) is 30.6 Å². The summed E-state index contributed by atoms with van der Waals surface area (Å²) in [5.74, 6) is -0.184. The summed E-state index contributed by atoms with van der Waals surface area (Å²) in [6, 6.07) is 11.0. The summed E-state index contributed by atoms with van der Waals surface area (Å²) in [6.45, 7) is 0. The normalized spacial score (nSPS) is 11.1. The first kappa shape index (κ1) is 9.60. The smallest absolute Gasteiger partial charge is 0.123 e. The average Bonchev–Trinajstić information content (AvgIpc) is 2.86. The van der Waals surface area contributed by atoms with Crippen LogP contribution in [0.4, 0.5) is 4.39 Å². The van der Waals surface area contributed by atoms with E-state index in [-0.39, 0.29) is 5.82 Å². The number of aromatic nitrogens is 1. The third kappa shape index (κ3) is 1.36. The summed E-state index contributed by atoms with van der Waals surface area (Å²) in [4.78, 5) is 1.21. The second kappa shape index (κ2) is 3.46. The summed E-state index contributed by atoms with van der Waals surface area (Å²) in [5.41, 5.74) is 2.19. The molecule has 16 heavy (non-hydrogen) atoms. The van der Waals surface area contributed by atoms with E-state index in [0.29, 0.717) is 0 Å². The number of nitrogens with zero attached hydrogens (tertiary/aromatic N) is 1. The first-order chi connectivity index (χ1) is 7.75. The number of fused-ring (bicyclic) bond motifs is 1. The van der Waals surface area contributed by atoms with Gasteiger partial charge in [0.2, 0.25) is 0 Å². The van der Waals surface area contributed by atoms with Crippen molar-refractivity contribution in [3.63, 3.8) is 0 Å². The van der Waals surface area contributed by atoms with Gasteiger partial charge in [0.25, 0.3) is 0 Å². The van der Waals surface area contributed by atoms with Crippen molar-refractivity contribution in [2.24, 2.45) is 7.05 Å². The highest BCUT2D eigenvalue weighted by molar-refractivity contribution is 7.13. The van der Waals surface area contributed by atoms with Crippen molar-refractivity contribution in [2.45, 2.75) is 0 Å². The molecule has 3 aromatic rings. The van der Waals surface area contributed by atoms with Crippen LogP contribution in [0.5, 0.6) is 0 Å². The molecule has 3 heteroatoms. The lowest BCUT2D eigenvalue weighted by molar-refractivity contribution is 0.629. The molecule has 1 nitrogen and oxygen atoms in total. The van der Waals surface area contributed by atoms with E-state index in [4.69, 9.17) is 0 Å². The quantitative estimate of drug-likeness (QED) is 0.595. The lowest BCUT2D eigenvalue weighted by Gasteiger charge is -2.00. The molecule has 0 saturated carbocycles. The number of aryl methyl sites for hydroxylation is 1. The molecule has 0 atom stereocenters. The van der Waals surface area contributed by atoms with Gasteiger partial charge in [-0.05, 0) is 35.7 Å². The zero-order valence-electron chi connectivity index (χ0n) is 8.77. The summed E-state index contributed by atoms with van der Waals surface area (Å²) in [5, 5.41) is 3.00. The lowest BCUT2D eigenvalue weighted by Crippen LogP contribution is -1.89. The van der Waals surface area contributed by atoms with Crippen LogP contribution in [0.15, 0.2) is 41.8 Å². The monoisotopic (exact) mass is 231 g/mol. The van der Waals surface area contributed by atoms with Crippen molar-refractivity contribution in [1.29, 1.82) is 0 Å². The highest BCUT2D eigenvalue weighted by atomic mass is 32.1. The molecular formula is C13H10FNS. The van der Waals surface area contributed by atoms with E-state index in [1.165, 1.54) is 10.9 Å². The Morgan fingerprint density at radius 2 is 2.06 bits per heavy atom. The molecule has 0 N–H and O–H groups in total. The van der Waals surface area contributed by atoms with Crippen LogP contribution in [0.3, 0.4) is 0 Å². The SMILES string of the molecule is Cn1c(-c2cccs2)cc2cc(F)ccc21. The maximum atomic E-state index is 13.1. The second-order valence-electron chi connectivity index (χ2n) is 3.77. The third-order valence-electron chi connectivity index (χ3n) is 2.78. The topological polar surface area (TPSA) is 4.93 Å². The fourth-order valence-corrected chi connectivity index (χ4v) is 2.76. The van der Waals surface area contributed by atoms with E-state index >= 15 is 0 Å². The number of thiophene rings is 1. The van der Waals surface area contributed by atoms with Crippen LogP contribution in [-0.4, -0.2) is 4.57 Å². The summed E-state index contributed by atoms with van der Waals surface area (Å²) in [7, 11) is 2.01. The minimum atomic E-state index is -0.184. The maximum Gasteiger partial charge on any atom is 0.123 e. The van der Waals surface area contributed by atoms with Gasteiger partial charge in [0, 0.05) is 18.0 Å². The Bertz CT molecular complexity index is 637. The molecule has 0 amide bonds. The Hall–Kier alpha value is -1.61. The fraction of sp³-hybridized carbons (Fsp3) is 0.0769. The van der Waals surface area contributed by atoms with Crippen molar-refractivity contribution < 1.29 is 4.39 Å². The molecule has 0 fully saturated rings. The average molecular weight is 231 g/mol. The summed E-state index contributed by atoms with van der Waals surface area (Å²) in [6.07, 6.45) is 0. The van der Waals surface area contributed by atoms with Crippen LogP contribution >= 0.6 is 11.3 Å². The predicted octanol–water partition coefficient (Wildman–Crippen LogP) is 4.05. The van der Waals surface area contributed by atoms with Crippen LogP contribution in [-0.2, 0) is 7.05 Å². The van der Waals surface area contributed by atoms with Crippen molar-refractivity contribution >= 4 is 22.2 Å². The first-order valence-corrected chi connectivity index (χ1v) is 5.92. The minimum absolute atomic E-state index is 0.184. The lowest BCUT2D eigenvalue weighted by atomic mass is 10.2. The number of halogens is 1. The minimum Gasteiger partial charge on any atom is -0.343 e. The molecule has 0 aliphatic heterocycles. The number of hydrogen-bond donors (Lipinski definition) is 0. The molecule has 2 aromatic heterocycles. The Balaban J connectivity index is 2.31. The molecule has 0 aliphatic carbocycles. The highest BCUT2D eigenvalue weighted by Crippen LogP contribution is 2.30. The van der Waals surface area contributed by atoms with Crippen LogP contribution < -0.4 is 0 Å². The van der Waals surface area contributed by atoms with Gasteiger partial charge in [0.15, 0.2) is 0 Å². The Morgan fingerprint density at radius 3 is 2.81 bits per heavy atom. The third-order valence-corrected chi connectivity index (χ3v) is 3.67. The van der Waals surface area contributed by atoms with Gasteiger partial charge in [-0.3, -0.25) is 0 Å². The zero-order chi connectivity index (χ0) is 11.1. The number of benzene rings is 1. The van der Waals surface area contributed by atoms with Crippen LogP contribution in [0.25, 0.3) is 21.5 Å². The molecule has 2 heterocycles. The van der Waals surface area contributed by atoms with Gasteiger partial charge in [-0.25, -0.2) is 4.39 Å². The molecule has 0 aliphatic rings. The van der Waals surface area contributed by atoms with E-state index in [0.717, 1.165) is 16.6 Å². The van der Waals surface area contributed by atoms with Crippen molar-refractivity contribution in [3.05, 3.63) is 47.6 Å². The highest BCUT2D eigenvalue weighted by Gasteiger charge is 2.08. The van der Waals surface area contributed by atoms with Crippen LogP contribution in [0, 0.1) is 5.82 Å². The van der Waals surface area contributed by atoms with Gasteiger partial charge in [0.05, 0.1) is 10.6 Å². The van der Waals surface area contributed by atoms with E-state index in [1.54, 1.807) is 17.4 Å². The predicted molar refractivity (Wildman–Crippen MR) is 66.2 cm³/mol. The molecule has 0 saturated heterocycles. The zero-order valence-corrected chi connectivity index (χ0v) is 9.59. The van der Waals surface area contributed by atoms with Gasteiger partial charge in [-0.2, -0.15) is 0 Å². The maximum absolute atomic E-state index is 13.1. The Kier molecular flexibility index (Phi) is 2.07. The van der Waals surface area contributed by atoms with Crippen LogP contribution in [0.2, 0.25) is 0 Å². The van der Waals surface area contributed by atoms with Crippen molar-refractivity contribution in [2.75, 3.05) is 0 Å². The van der Waals surface area contributed by atoms with E-state index in [9.17, 15) is 4.39 Å². The summed E-state index contributed by atoms with van der Waals surface area (Å²) < 4.78 is 15.2. The molecule has 3 rings (SSSR count). The molecule has 0 radical (unpaired) electrons. The van der Waals surface area contributed by atoms with Gasteiger partial charge in [-0.15, -0.1) is 11.3 Å². The second-order valence-corrected chi connectivity index (χ2v) is 4.72. The van der Waals surface area contributed by atoms with Crippen LogP contribution in [0.1, 0.15) is 0 Å². The molecule has 1 aromatic carbocycles. The first-order valence-electron chi connectivity index (χ1n) is 5.04. The van der Waals surface area contributed by atoms with Gasteiger partial charge >= 0.3 is 0 Å². The molecule has 80 valence electrons. The summed E-state index contributed by atoms with van der Waals surface area (Å²) >= 11 is 1.70. The van der Waals surface area contributed by atoms with E-state index < -0.39 is 0 Å². The fourth-order valence-electron chi connectivity index (χ4n) is 1.98. The Labute approximate surface area is 96.8 Å². The molecule has 0 bridgehead atoms. The number of hydrogen-bond acceptors (Lipinski definition) is 1. The Morgan fingerprint density at radius 1 is 1.19 bits per heavy atom. The standard InChI is InChI=1S/C13H10FNS/c1-15-11-5-4-10(14)7-9(11)8-12(15)13-3-2-6-16-13/h2-8H,1H3. The molecular weight excluding hydrogens is 221 g/mol.